The highest BCUT2D eigenvalue weighted by atomic mass is 32.1. The summed E-state index contributed by atoms with van der Waals surface area (Å²) in [5, 5.41) is 3.02. The van der Waals surface area contributed by atoms with E-state index in [9.17, 15) is 9.59 Å². The van der Waals surface area contributed by atoms with E-state index in [0.717, 1.165) is 10.6 Å². The van der Waals surface area contributed by atoms with Gasteiger partial charge in [-0.3, -0.25) is 9.59 Å². The highest BCUT2D eigenvalue weighted by molar-refractivity contribution is 7.14. The van der Waals surface area contributed by atoms with Gasteiger partial charge in [0.2, 0.25) is 5.91 Å². The van der Waals surface area contributed by atoms with E-state index in [0.29, 0.717) is 31.5 Å². The van der Waals surface area contributed by atoms with Gasteiger partial charge < -0.3 is 4.90 Å². The van der Waals surface area contributed by atoms with Gasteiger partial charge in [-0.15, -0.1) is 11.3 Å². The molecule has 0 unspecified atom stereocenters. The quantitative estimate of drug-likeness (QED) is 0.810. The maximum Gasteiger partial charge on any atom is 0.230 e. The first kappa shape index (κ1) is 12.3. The Morgan fingerprint density at radius 3 is 2.59 bits per heavy atom. The molecule has 0 spiro atoms. The number of Topliss-reactive ketones (excluding diaryl/α,β-unsaturated/α-hetero) is 1. The van der Waals surface area contributed by atoms with Crippen LogP contribution < -0.4 is 4.90 Å². The minimum absolute atomic E-state index is 0.0270. The van der Waals surface area contributed by atoms with E-state index < -0.39 is 0 Å². The molecule has 1 aromatic rings. The van der Waals surface area contributed by atoms with Crippen LogP contribution in [0.15, 0.2) is 11.4 Å². The first-order valence-corrected chi connectivity index (χ1v) is 6.81. The lowest BCUT2D eigenvalue weighted by molar-refractivity contribution is -0.126. The van der Waals surface area contributed by atoms with Crippen molar-refractivity contribution in [2.75, 3.05) is 11.9 Å². The first-order chi connectivity index (χ1) is 8.09. The molecule has 1 saturated carbocycles. The predicted molar refractivity (Wildman–Crippen MR) is 69.4 cm³/mol. The lowest BCUT2D eigenvalue weighted by Crippen LogP contribution is -2.34. The maximum absolute atomic E-state index is 12.3. The van der Waals surface area contributed by atoms with Crippen LogP contribution in [0.4, 0.5) is 5.00 Å². The average Bonchev–Trinajstić information content (AvgIpc) is 2.74. The van der Waals surface area contributed by atoms with Gasteiger partial charge in [0.05, 0.1) is 0 Å². The number of carbonyl (C=O) groups is 2. The summed E-state index contributed by atoms with van der Waals surface area (Å²) >= 11 is 1.59. The number of nitrogens with zero attached hydrogens (tertiary/aromatic N) is 1. The standard InChI is InChI=1S/C13H17NO2S/c1-9-7-8-17-13(9)14(2)12(16)10-3-5-11(15)6-4-10/h7-8,10H,3-6H2,1-2H3. The van der Waals surface area contributed by atoms with Crippen LogP contribution in [0.5, 0.6) is 0 Å². The van der Waals surface area contributed by atoms with Gasteiger partial charge in [0, 0.05) is 25.8 Å². The van der Waals surface area contributed by atoms with Crippen LogP contribution in [0.2, 0.25) is 0 Å². The average molecular weight is 251 g/mol. The molecule has 0 bridgehead atoms. The smallest absolute Gasteiger partial charge is 0.230 e. The Morgan fingerprint density at radius 2 is 2.06 bits per heavy atom. The monoisotopic (exact) mass is 251 g/mol. The molecule has 4 heteroatoms. The summed E-state index contributed by atoms with van der Waals surface area (Å²) in [5.74, 6) is 0.478. The molecule has 92 valence electrons. The molecule has 1 amide bonds. The summed E-state index contributed by atoms with van der Waals surface area (Å²) in [6, 6.07) is 2.02. The van der Waals surface area contributed by atoms with E-state index in [1.165, 1.54) is 0 Å². The van der Waals surface area contributed by atoms with Gasteiger partial charge in [-0.25, -0.2) is 0 Å². The van der Waals surface area contributed by atoms with Gasteiger partial charge >= 0.3 is 0 Å². The third-order valence-corrected chi connectivity index (χ3v) is 4.45. The van der Waals surface area contributed by atoms with Gasteiger partial charge in [0.15, 0.2) is 0 Å². The fourth-order valence-electron chi connectivity index (χ4n) is 2.27. The Morgan fingerprint density at radius 1 is 1.41 bits per heavy atom. The lowest BCUT2D eigenvalue weighted by atomic mass is 9.87. The van der Waals surface area contributed by atoms with Crippen molar-refractivity contribution >= 4 is 28.0 Å². The van der Waals surface area contributed by atoms with Crippen LogP contribution in [0.1, 0.15) is 31.2 Å². The van der Waals surface area contributed by atoms with E-state index in [1.807, 2.05) is 25.4 Å². The van der Waals surface area contributed by atoms with E-state index in [4.69, 9.17) is 0 Å². The highest BCUT2D eigenvalue weighted by Crippen LogP contribution is 2.30. The van der Waals surface area contributed by atoms with Crippen LogP contribution in [-0.4, -0.2) is 18.7 Å². The van der Waals surface area contributed by atoms with Gasteiger partial charge in [-0.2, -0.15) is 0 Å². The van der Waals surface area contributed by atoms with Crippen LogP contribution in [-0.2, 0) is 9.59 Å². The summed E-state index contributed by atoms with van der Waals surface area (Å²) in [4.78, 5) is 25.2. The Balaban J connectivity index is 2.05. The van der Waals surface area contributed by atoms with Crippen molar-refractivity contribution in [1.29, 1.82) is 0 Å². The number of hydrogen-bond acceptors (Lipinski definition) is 3. The number of rotatable bonds is 2. The molecule has 1 heterocycles. The van der Waals surface area contributed by atoms with E-state index >= 15 is 0 Å². The molecule has 2 rings (SSSR count). The molecular formula is C13H17NO2S. The van der Waals surface area contributed by atoms with Crippen molar-refractivity contribution in [3.63, 3.8) is 0 Å². The largest absolute Gasteiger partial charge is 0.306 e. The second kappa shape index (κ2) is 5.00. The number of ketones is 1. The minimum atomic E-state index is 0.0270. The number of anilines is 1. The summed E-state index contributed by atoms with van der Waals surface area (Å²) in [5.41, 5.74) is 1.14. The zero-order chi connectivity index (χ0) is 12.4. The summed E-state index contributed by atoms with van der Waals surface area (Å²) in [6.45, 7) is 2.01. The zero-order valence-electron chi connectivity index (χ0n) is 10.2. The summed E-state index contributed by atoms with van der Waals surface area (Å²) in [6.07, 6.45) is 2.56. The van der Waals surface area contributed by atoms with Crippen molar-refractivity contribution in [2.45, 2.75) is 32.6 Å². The number of carbonyl (C=O) groups excluding carboxylic acids is 2. The van der Waals surface area contributed by atoms with E-state index in [1.54, 1.807) is 16.2 Å². The SMILES string of the molecule is Cc1ccsc1N(C)C(=O)C1CCC(=O)CC1. The molecule has 17 heavy (non-hydrogen) atoms. The Kier molecular flexibility index (Phi) is 3.62. The second-order valence-corrected chi connectivity index (χ2v) is 5.51. The Labute approximate surface area is 105 Å². The molecule has 0 radical (unpaired) electrons. The van der Waals surface area contributed by atoms with Gasteiger partial charge in [0.25, 0.3) is 0 Å². The molecule has 0 atom stereocenters. The molecule has 1 aliphatic rings. The number of hydrogen-bond donors (Lipinski definition) is 0. The van der Waals surface area contributed by atoms with Crippen molar-refractivity contribution < 1.29 is 9.59 Å². The second-order valence-electron chi connectivity index (χ2n) is 4.62. The molecule has 0 N–H and O–H groups in total. The van der Waals surface area contributed by atoms with Crippen LogP contribution in [0.25, 0.3) is 0 Å². The highest BCUT2D eigenvalue weighted by Gasteiger charge is 2.28. The Bertz CT molecular complexity index is 428. The molecule has 1 fully saturated rings. The number of thiophene rings is 1. The fraction of sp³-hybridized carbons (Fsp3) is 0.538. The Hall–Kier alpha value is -1.16. The topological polar surface area (TPSA) is 37.4 Å². The molecule has 1 aromatic heterocycles. The van der Waals surface area contributed by atoms with Crippen molar-refractivity contribution in [1.82, 2.24) is 0 Å². The molecule has 3 nitrogen and oxygen atoms in total. The van der Waals surface area contributed by atoms with Crippen LogP contribution >= 0.6 is 11.3 Å². The van der Waals surface area contributed by atoms with Gasteiger partial charge in [-0.1, -0.05) is 0 Å². The van der Waals surface area contributed by atoms with Crippen molar-refractivity contribution in [3.8, 4) is 0 Å². The molecule has 0 saturated heterocycles. The van der Waals surface area contributed by atoms with Crippen LogP contribution in [0, 0.1) is 12.8 Å². The predicted octanol–water partition coefficient (Wildman–Crippen LogP) is 2.78. The molecule has 0 aliphatic heterocycles. The summed E-state index contributed by atoms with van der Waals surface area (Å²) in [7, 11) is 1.83. The molecular weight excluding hydrogens is 234 g/mol. The van der Waals surface area contributed by atoms with Gasteiger partial charge in [0.1, 0.15) is 10.8 Å². The van der Waals surface area contributed by atoms with E-state index in [-0.39, 0.29) is 11.8 Å². The zero-order valence-corrected chi connectivity index (χ0v) is 11.0. The summed E-state index contributed by atoms with van der Waals surface area (Å²) < 4.78 is 0. The van der Waals surface area contributed by atoms with Crippen LogP contribution in [0.3, 0.4) is 0 Å². The molecule has 1 aliphatic carbocycles. The molecule has 0 aromatic carbocycles. The first-order valence-electron chi connectivity index (χ1n) is 5.93. The normalized spacial score (nSPS) is 17.2. The van der Waals surface area contributed by atoms with Crippen molar-refractivity contribution in [3.05, 3.63) is 17.0 Å². The van der Waals surface area contributed by atoms with Crippen molar-refractivity contribution in [2.24, 2.45) is 5.92 Å². The third-order valence-electron chi connectivity index (χ3n) is 3.36. The third kappa shape index (κ3) is 2.57. The lowest BCUT2D eigenvalue weighted by Gasteiger charge is -2.25. The fourth-order valence-corrected chi connectivity index (χ4v) is 3.17. The number of amides is 1. The number of aryl methyl sites for hydroxylation is 1. The maximum atomic E-state index is 12.3. The minimum Gasteiger partial charge on any atom is -0.306 e. The van der Waals surface area contributed by atoms with Gasteiger partial charge in [-0.05, 0) is 36.8 Å². The van der Waals surface area contributed by atoms with E-state index in [2.05, 4.69) is 0 Å².